The zero-order chi connectivity index (χ0) is 11.6. The molecule has 0 saturated carbocycles. The number of nitrogens with zero attached hydrogens (tertiary/aromatic N) is 1. The van der Waals surface area contributed by atoms with Gasteiger partial charge >= 0.3 is 6.09 Å². The minimum atomic E-state index is -1.08. The number of piperazine rings is 1. The Morgan fingerprint density at radius 2 is 1.94 bits per heavy atom. The second kappa shape index (κ2) is 7.61. The first-order valence-electron chi connectivity index (χ1n) is 5.10. The van der Waals surface area contributed by atoms with Gasteiger partial charge in [-0.05, 0) is 12.1 Å². The highest BCUT2D eigenvalue weighted by molar-refractivity contribution is 5.82. The molecule has 6 heteroatoms. The molecule has 0 aromatic carbocycles. The number of amides is 1. The summed E-state index contributed by atoms with van der Waals surface area (Å²) in [4.78, 5) is 13.7. The highest BCUT2D eigenvalue weighted by atomic mass is 16.4. The van der Waals surface area contributed by atoms with Crippen molar-refractivity contribution in [1.29, 1.82) is 0 Å². The maximum atomic E-state index is 10.0. The number of anilines is 1. The molecule has 0 atom stereocenters. The molecule has 6 nitrogen and oxygen atoms in total. The summed E-state index contributed by atoms with van der Waals surface area (Å²) in [5.74, 6) is 0. The molecule has 0 unspecified atom stereocenters. The Morgan fingerprint density at radius 3 is 2.31 bits per heavy atom. The third kappa shape index (κ3) is 5.94. The van der Waals surface area contributed by atoms with E-state index < -0.39 is 6.09 Å². The number of carbonyl (C=O) groups is 1. The van der Waals surface area contributed by atoms with Crippen molar-refractivity contribution in [1.82, 2.24) is 15.6 Å². The Hall–Kier alpha value is -1.66. The van der Waals surface area contributed by atoms with E-state index in [-0.39, 0.29) is 0 Å². The Morgan fingerprint density at radius 1 is 1.31 bits per heavy atom. The van der Waals surface area contributed by atoms with Gasteiger partial charge in [0.05, 0.1) is 11.9 Å². The van der Waals surface area contributed by atoms with E-state index in [2.05, 4.69) is 20.9 Å². The van der Waals surface area contributed by atoms with Gasteiger partial charge in [-0.3, -0.25) is 10.3 Å². The number of nitrogens with one attached hydrogen (secondary N) is 3. The van der Waals surface area contributed by atoms with Gasteiger partial charge in [0.15, 0.2) is 0 Å². The highest BCUT2D eigenvalue weighted by Gasteiger charge is 1.94. The SMILES string of the molecule is C1CNCCN1.O=C(O)Nc1cccnc1. The minimum Gasteiger partial charge on any atom is -0.465 e. The lowest BCUT2D eigenvalue weighted by Gasteiger charge is -2.11. The van der Waals surface area contributed by atoms with Crippen molar-refractivity contribution in [2.75, 3.05) is 31.5 Å². The van der Waals surface area contributed by atoms with Gasteiger partial charge in [0, 0.05) is 32.4 Å². The largest absolute Gasteiger partial charge is 0.465 e. The van der Waals surface area contributed by atoms with Crippen molar-refractivity contribution >= 4 is 11.8 Å². The van der Waals surface area contributed by atoms with Gasteiger partial charge in [-0.15, -0.1) is 0 Å². The van der Waals surface area contributed by atoms with Gasteiger partial charge in [0.25, 0.3) is 0 Å². The van der Waals surface area contributed by atoms with E-state index in [0.717, 1.165) is 26.2 Å². The second-order valence-corrected chi connectivity index (χ2v) is 3.17. The van der Waals surface area contributed by atoms with Gasteiger partial charge in [-0.1, -0.05) is 0 Å². The normalized spacial score (nSPS) is 14.5. The fourth-order valence-corrected chi connectivity index (χ4v) is 1.16. The number of hydrogen-bond acceptors (Lipinski definition) is 4. The van der Waals surface area contributed by atoms with Gasteiger partial charge in [0.1, 0.15) is 0 Å². The highest BCUT2D eigenvalue weighted by Crippen LogP contribution is 2.00. The summed E-state index contributed by atoms with van der Waals surface area (Å²) in [6.07, 6.45) is 1.94. The van der Waals surface area contributed by atoms with Crippen molar-refractivity contribution in [3.05, 3.63) is 24.5 Å². The first-order chi connectivity index (χ1) is 7.79. The number of rotatable bonds is 1. The van der Waals surface area contributed by atoms with Crippen LogP contribution in [0.2, 0.25) is 0 Å². The summed E-state index contributed by atoms with van der Waals surface area (Å²) >= 11 is 0. The van der Waals surface area contributed by atoms with Crippen LogP contribution in [0.5, 0.6) is 0 Å². The molecule has 0 bridgehead atoms. The van der Waals surface area contributed by atoms with Gasteiger partial charge < -0.3 is 15.7 Å². The maximum Gasteiger partial charge on any atom is 0.409 e. The zero-order valence-electron chi connectivity index (χ0n) is 8.94. The molecule has 16 heavy (non-hydrogen) atoms. The zero-order valence-corrected chi connectivity index (χ0v) is 8.94. The fourth-order valence-electron chi connectivity index (χ4n) is 1.16. The van der Waals surface area contributed by atoms with E-state index in [4.69, 9.17) is 5.11 Å². The number of carboxylic acid groups (broad SMARTS) is 1. The van der Waals surface area contributed by atoms with E-state index in [1.165, 1.54) is 6.20 Å². The summed E-state index contributed by atoms with van der Waals surface area (Å²) in [6, 6.07) is 3.28. The fraction of sp³-hybridized carbons (Fsp3) is 0.400. The monoisotopic (exact) mass is 224 g/mol. The van der Waals surface area contributed by atoms with Crippen molar-refractivity contribution in [3.8, 4) is 0 Å². The molecule has 1 aromatic rings. The average Bonchev–Trinajstić information content (AvgIpc) is 2.32. The molecule has 1 aromatic heterocycles. The van der Waals surface area contributed by atoms with Crippen LogP contribution in [0.4, 0.5) is 10.5 Å². The molecule has 88 valence electrons. The lowest BCUT2D eigenvalue weighted by molar-refractivity contribution is 0.209. The summed E-state index contributed by atoms with van der Waals surface area (Å²) < 4.78 is 0. The molecule has 2 heterocycles. The van der Waals surface area contributed by atoms with Crippen LogP contribution in [0.15, 0.2) is 24.5 Å². The minimum absolute atomic E-state index is 0.481. The van der Waals surface area contributed by atoms with Crippen LogP contribution in [0.1, 0.15) is 0 Å². The summed E-state index contributed by atoms with van der Waals surface area (Å²) in [7, 11) is 0. The molecule has 2 rings (SSSR count). The lowest BCUT2D eigenvalue weighted by atomic mass is 10.4. The van der Waals surface area contributed by atoms with Gasteiger partial charge in [0.2, 0.25) is 0 Å². The van der Waals surface area contributed by atoms with Crippen LogP contribution < -0.4 is 16.0 Å². The van der Waals surface area contributed by atoms with Crippen LogP contribution >= 0.6 is 0 Å². The van der Waals surface area contributed by atoms with E-state index in [0.29, 0.717) is 5.69 Å². The molecule has 1 saturated heterocycles. The standard InChI is InChI=1S/C6H6N2O2.C4H10N2/c9-6(10)8-5-2-1-3-7-4-5;1-2-6-4-3-5-1/h1-4,8H,(H,9,10);5-6H,1-4H2. The Balaban J connectivity index is 0.000000181. The first-order valence-corrected chi connectivity index (χ1v) is 5.10. The molecule has 0 aliphatic carbocycles. The number of hydrogen-bond donors (Lipinski definition) is 4. The molecule has 1 aliphatic rings. The summed E-state index contributed by atoms with van der Waals surface area (Å²) in [6.45, 7) is 4.56. The number of aromatic nitrogens is 1. The second-order valence-electron chi connectivity index (χ2n) is 3.17. The van der Waals surface area contributed by atoms with E-state index in [1.54, 1.807) is 18.3 Å². The lowest BCUT2D eigenvalue weighted by Crippen LogP contribution is -2.39. The maximum absolute atomic E-state index is 10.0. The van der Waals surface area contributed by atoms with Gasteiger partial charge in [-0.25, -0.2) is 4.79 Å². The van der Waals surface area contributed by atoms with E-state index in [9.17, 15) is 4.79 Å². The molecule has 1 amide bonds. The first kappa shape index (κ1) is 12.4. The Kier molecular flexibility index (Phi) is 5.90. The van der Waals surface area contributed by atoms with Crippen LogP contribution in [-0.2, 0) is 0 Å². The Bertz CT molecular complexity index is 289. The topological polar surface area (TPSA) is 86.3 Å². The van der Waals surface area contributed by atoms with Crippen molar-refractivity contribution < 1.29 is 9.90 Å². The van der Waals surface area contributed by atoms with Crippen LogP contribution in [0.3, 0.4) is 0 Å². The predicted molar refractivity (Wildman–Crippen MR) is 61.6 cm³/mol. The smallest absolute Gasteiger partial charge is 0.409 e. The molecule has 4 N–H and O–H groups in total. The molecule has 1 fully saturated rings. The quantitative estimate of drug-likeness (QED) is 0.553. The van der Waals surface area contributed by atoms with E-state index >= 15 is 0 Å². The molecular weight excluding hydrogens is 208 g/mol. The van der Waals surface area contributed by atoms with Gasteiger partial charge in [-0.2, -0.15) is 0 Å². The van der Waals surface area contributed by atoms with Crippen LogP contribution in [0.25, 0.3) is 0 Å². The van der Waals surface area contributed by atoms with E-state index in [1.807, 2.05) is 0 Å². The molecule has 0 spiro atoms. The van der Waals surface area contributed by atoms with Crippen molar-refractivity contribution in [2.45, 2.75) is 0 Å². The average molecular weight is 224 g/mol. The molecular formula is C10H16N4O2. The summed E-state index contributed by atoms with van der Waals surface area (Å²) in [5.41, 5.74) is 0.481. The third-order valence-corrected chi connectivity index (χ3v) is 1.87. The molecule has 1 aliphatic heterocycles. The van der Waals surface area contributed by atoms with Crippen molar-refractivity contribution in [3.63, 3.8) is 0 Å². The van der Waals surface area contributed by atoms with Crippen LogP contribution in [0, 0.1) is 0 Å². The Labute approximate surface area is 94.1 Å². The van der Waals surface area contributed by atoms with Crippen molar-refractivity contribution in [2.24, 2.45) is 0 Å². The predicted octanol–water partition coefficient (Wildman–Crippen LogP) is 0.351. The summed E-state index contributed by atoms with van der Waals surface area (Å²) in [5, 5.41) is 16.8. The number of pyridine rings is 1. The van der Waals surface area contributed by atoms with Crippen LogP contribution in [-0.4, -0.2) is 42.4 Å². The molecule has 0 radical (unpaired) electrons. The third-order valence-electron chi connectivity index (χ3n) is 1.87.